The first kappa shape index (κ1) is 28.8. The van der Waals surface area contributed by atoms with Gasteiger partial charge in [0.1, 0.15) is 18.3 Å². The third kappa shape index (κ3) is 3.37. The van der Waals surface area contributed by atoms with Gasteiger partial charge < -0.3 is 39.0 Å². The van der Waals surface area contributed by atoms with Crippen LogP contribution in [0, 0.1) is 16.7 Å². The number of esters is 2. The van der Waals surface area contributed by atoms with Crippen molar-refractivity contribution in [3.05, 3.63) is 47.0 Å². The largest absolute Gasteiger partial charge is 0.509 e. The van der Waals surface area contributed by atoms with Crippen LogP contribution < -0.4 is 0 Å². The lowest BCUT2D eigenvalue weighted by Gasteiger charge is -2.67. The molecule has 5 aliphatic rings. The Balaban J connectivity index is 1.70. The lowest BCUT2D eigenvalue weighted by molar-refractivity contribution is -0.345. The van der Waals surface area contributed by atoms with Gasteiger partial charge in [0.05, 0.1) is 29.6 Å². The van der Waals surface area contributed by atoms with Crippen molar-refractivity contribution in [1.82, 2.24) is 0 Å². The van der Waals surface area contributed by atoms with E-state index in [-0.39, 0.29) is 29.7 Å². The van der Waals surface area contributed by atoms with E-state index < -0.39 is 88.5 Å². The molecule has 2 saturated carbocycles. The number of aliphatic hydroxyl groups is 3. The van der Waals surface area contributed by atoms with Gasteiger partial charge in [0.15, 0.2) is 23.6 Å². The van der Waals surface area contributed by atoms with Crippen molar-refractivity contribution in [3.8, 4) is 0 Å². The van der Waals surface area contributed by atoms with Crippen LogP contribution in [-0.2, 0) is 33.3 Å². The summed E-state index contributed by atoms with van der Waals surface area (Å²) in [6.07, 6.45) is -10.2. The molecule has 42 heavy (non-hydrogen) atoms. The molecule has 1 aromatic carbocycles. The Hall–Kier alpha value is -3.32. The Labute approximate surface area is 241 Å². The summed E-state index contributed by atoms with van der Waals surface area (Å²) in [6, 6.07) is 7.97. The highest BCUT2D eigenvalue weighted by Gasteiger charge is 2.82. The Bertz CT molecular complexity index is 1400. The Morgan fingerprint density at radius 2 is 1.71 bits per heavy atom. The van der Waals surface area contributed by atoms with Gasteiger partial charge in [0.2, 0.25) is 5.60 Å². The molecule has 2 bridgehead atoms. The first-order chi connectivity index (χ1) is 19.6. The number of Topliss-reactive ketones (excluding diaryl/α,β-unsaturated/α-hetero) is 1. The van der Waals surface area contributed by atoms with Crippen molar-refractivity contribution in [2.45, 2.75) is 88.9 Å². The number of fused-ring (bicyclic) bond motifs is 4. The molecule has 0 aromatic heterocycles. The third-order valence-electron chi connectivity index (χ3n) is 10.4. The SMILES string of the molecule is CC(=O)O[C@@]12CO[C@@H]1C[C@H](O)[C@@]1(C)C(=O)[C@H](O)C3=C(C)[C@H](O)[C@H]4OC(=O)O[C@]4([C@@H](OC(=O)c4ccccc4)[C@H]21)C3(C)C. The van der Waals surface area contributed by atoms with E-state index in [2.05, 4.69) is 0 Å². The van der Waals surface area contributed by atoms with E-state index in [1.165, 1.54) is 32.9 Å². The molecule has 10 atom stereocenters. The second-order valence-electron chi connectivity index (χ2n) is 12.7. The molecular formula is C30H34O12. The number of aliphatic hydroxyl groups excluding tert-OH is 3. The van der Waals surface area contributed by atoms with E-state index >= 15 is 0 Å². The molecular weight excluding hydrogens is 552 g/mol. The number of hydrogen-bond acceptors (Lipinski definition) is 12. The van der Waals surface area contributed by atoms with Gasteiger partial charge in [-0.1, -0.05) is 32.0 Å². The topological polar surface area (TPSA) is 175 Å². The van der Waals surface area contributed by atoms with Crippen LogP contribution in [0.5, 0.6) is 0 Å². The van der Waals surface area contributed by atoms with Gasteiger partial charge in [-0.15, -0.1) is 0 Å². The van der Waals surface area contributed by atoms with Gasteiger partial charge in [-0.05, 0) is 37.1 Å². The highest BCUT2D eigenvalue weighted by Crippen LogP contribution is 2.66. The van der Waals surface area contributed by atoms with Crippen molar-refractivity contribution in [1.29, 1.82) is 0 Å². The maximum Gasteiger partial charge on any atom is 0.509 e. The average Bonchev–Trinajstić information content (AvgIpc) is 3.30. The summed E-state index contributed by atoms with van der Waals surface area (Å²) < 4.78 is 29.5. The van der Waals surface area contributed by atoms with Crippen LogP contribution in [0.1, 0.15) is 51.4 Å². The normalized spacial score (nSPS) is 43.3. The molecule has 0 radical (unpaired) electrons. The molecule has 3 aliphatic carbocycles. The molecule has 1 aromatic rings. The predicted molar refractivity (Wildman–Crippen MR) is 140 cm³/mol. The number of carbonyl (C=O) groups excluding carboxylic acids is 4. The summed E-state index contributed by atoms with van der Waals surface area (Å²) in [5.41, 5.74) is -6.75. The minimum atomic E-state index is -2.05. The summed E-state index contributed by atoms with van der Waals surface area (Å²) in [7, 11) is 0. The highest BCUT2D eigenvalue weighted by atomic mass is 16.8. The molecule has 3 N–H and O–H groups in total. The second-order valence-corrected chi connectivity index (χ2v) is 12.7. The number of hydrogen-bond donors (Lipinski definition) is 3. The van der Waals surface area contributed by atoms with Crippen LogP contribution in [-0.4, -0.2) is 93.6 Å². The maximum absolute atomic E-state index is 14.5. The van der Waals surface area contributed by atoms with Crippen molar-refractivity contribution in [3.63, 3.8) is 0 Å². The Kier molecular flexibility index (Phi) is 6.23. The Morgan fingerprint density at radius 1 is 1.05 bits per heavy atom. The summed E-state index contributed by atoms with van der Waals surface area (Å²) in [4.78, 5) is 53.9. The zero-order valence-corrected chi connectivity index (χ0v) is 23.9. The molecule has 12 nitrogen and oxygen atoms in total. The van der Waals surface area contributed by atoms with E-state index in [1.54, 1.807) is 32.0 Å². The van der Waals surface area contributed by atoms with E-state index in [0.29, 0.717) is 0 Å². The summed E-state index contributed by atoms with van der Waals surface area (Å²) >= 11 is 0. The number of benzene rings is 1. The minimum Gasteiger partial charge on any atom is -0.454 e. The van der Waals surface area contributed by atoms with E-state index in [1.807, 2.05) is 0 Å². The van der Waals surface area contributed by atoms with Crippen LogP contribution in [0.2, 0.25) is 0 Å². The first-order valence-electron chi connectivity index (χ1n) is 13.9. The van der Waals surface area contributed by atoms with Crippen LogP contribution in [0.3, 0.4) is 0 Å². The predicted octanol–water partition coefficient (Wildman–Crippen LogP) is 1.23. The van der Waals surface area contributed by atoms with Crippen molar-refractivity contribution < 1.29 is 58.2 Å². The molecule has 1 spiro atoms. The van der Waals surface area contributed by atoms with Gasteiger partial charge in [-0.2, -0.15) is 0 Å². The Morgan fingerprint density at radius 3 is 2.31 bits per heavy atom. The van der Waals surface area contributed by atoms with E-state index in [0.717, 1.165) is 0 Å². The third-order valence-corrected chi connectivity index (χ3v) is 10.4. The quantitative estimate of drug-likeness (QED) is 0.263. The molecule has 6 rings (SSSR count). The van der Waals surface area contributed by atoms with Crippen molar-refractivity contribution in [2.75, 3.05) is 6.61 Å². The van der Waals surface area contributed by atoms with Crippen molar-refractivity contribution in [2.24, 2.45) is 16.7 Å². The van der Waals surface area contributed by atoms with Crippen LogP contribution >= 0.6 is 0 Å². The molecule has 4 fully saturated rings. The summed E-state index contributed by atoms with van der Waals surface area (Å²) in [5, 5.41) is 34.9. The number of ketones is 1. The lowest BCUT2D eigenvalue weighted by atomic mass is 9.44. The number of carbonyl (C=O) groups is 4. The molecule has 2 saturated heterocycles. The molecule has 2 heterocycles. The van der Waals surface area contributed by atoms with Gasteiger partial charge in [0, 0.05) is 18.8 Å². The van der Waals surface area contributed by atoms with Crippen molar-refractivity contribution >= 4 is 23.9 Å². The fourth-order valence-corrected chi connectivity index (χ4v) is 8.40. The standard InChI is InChI=1S/C30H34O12/c1-13-18-20(34)22(35)28(5)16(32)11-17-29(12-38-17,41-14(2)31)21(28)24(39-25(36)15-9-7-6-8-10-15)30(27(18,3)4)23(19(13)33)40-26(37)42-30/h6-10,16-17,19-21,23-24,32-34H,11-12H2,1-5H3/t16-,17+,19-,20+,21-,23+,24-,28+,29-,30+/m0/s1. The smallest absolute Gasteiger partial charge is 0.454 e. The van der Waals surface area contributed by atoms with Gasteiger partial charge in [-0.3, -0.25) is 9.59 Å². The van der Waals surface area contributed by atoms with Crippen LogP contribution in [0.25, 0.3) is 0 Å². The fraction of sp³-hybridized carbons (Fsp3) is 0.600. The first-order valence-corrected chi connectivity index (χ1v) is 13.9. The molecule has 2 aliphatic heterocycles. The van der Waals surface area contributed by atoms with E-state index in [9.17, 15) is 34.5 Å². The van der Waals surface area contributed by atoms with Crippen LogP contribution in [0.4, 0.5) is 4.79 Å². The summed E-state index contributed by atoms with van der Waals surface area (Å²) in [6.45, 7) is 7.07. The molecule has 0 unspecified atom stereocenters. The highest BCUT2D eigenvalue weighted by molar-refractivity contribution is 5.94. The molecule has 0 amide bonds. The maximum atomic E-state index is 14.5. The van der Waals surface area contributed by atoms with E-state index in [4.69, 9.17) is 23.7 Å². The van der Waals surface area contributed by atoms with Gasteiger partial charge >= 0.3 is 18.1 Å². The minimum absolute atomic E-state index is 0.0516. The zero-order chi connectivity index (χ0) is 30.6. The average molecular weight is 587 g/mol. The number of ether oxygens (including phenoxy) is 5. The zero-order valence-electron chi connectivity index (χ0n) is 23.9. The van der Waals surface area contributed by atoms with Gasteiger partial charge in [-0.25, -0.2) is 9.59 Å². The molecule has 226 valence electrons. The van der Waals surface area contributed by atoms with Crippen LogP contribution in [0.15, 0.2) is 41.5 Å². The molecule has 12 heteroatoms. The van der Waals surface area contributed by atoms with Gasteiger partial charge in [0.25, 0.3) is 0 Å². The monoisotopic (exact) mass is 586 g/mol. The second kappa shape index (κ2) is 9.09. The number of rotatable bonds is 3. The summed E-state index contributed by atoms with van der Waals surface area (Å²) in [5.74, 6) is -3.83. The lowest BCUT2D eigenvalue weighted by Crippen LogP contribution is -2.83. The fourth-order valence-electron chi connectivity index (χ4n) is 8.40.